The van der Waals surface area contributed by atoms with Gasteiger partial charge < -0.3 is 0 Å². The van der Waals surface area contributed by atoms with E-state index in [1.807, 2.05) is 31.2 Å². The summed E-state index contributed by atoms with van der Waals surface area (Å²) in [4.78, 5) is 4.16. The van der Waals surface area contributed by atoms with Crippen LogP contribution in [0, 0.1) is 6.92 Å². The molecule has 0 aliphatic rings. The molecule has 3 rings (SSSR count). The van der Waals surface area contributed by atoms with Crippen LogP contribution in [0.2, 0.25) is 0 Å². The standard InChI is InChI=1S/C16H15BrN4O2S/c1-12-2-4-13(5-3-12)10-21-11-18-16(19-21)20-24(22,23)15-8-6-14(17)7-9-15/h2-9,11H,10H2,1H3,(H,19,20). The summed E-state index contributed by atoms with van der Waals surface area (Å²) in [6, 6.07) is 14.4. The summed E-state index contributed by atoms with van der Waals surface area (Å²) in [6.07, 6.45) is 1.50. The van der Waals surface area contributed by atoms with Crippen LogP contribution in [0.15, 0.2) is 64.2 Å². The van der Waals surface area contributed by atoms with Gasteiger partial charge in [0, 0.05) is 4.47 Å². The minimum atomic E-state index is -3.70. The lowest BCUT2D eigenvalue weighted by atomic mass is 10.1. The number of benzene rings is 2. The zero-order valence-electron chi connectivity index (χ0n) is 12.8. The quantitative estimate of drug-likeness (QED) is 0.705. The summed E-state index contributed by atoms with van der Waals surface area (Å²) in [7, 11) is -3.70. The minimum Gasteiger partial charge on any atom is -0.246 e. The molecular formula is C16H15BrN4O2S. The molecule has 2 aromatic carbocycles. The molecule has 0 atom stereocenters. The highest BCUT2D eigenvalue weighted by atomic mass is 79.9. The second-order valence-electron chi connectivity index (χ2n) is 5.31. The summed E-state index contributed by atoms with van der Waals surface area (Å²) in [6.45, 7) is 2.54. The van der Waals surface area contributed by atoms with Gasteiger partial charge >= 0.3 is 0 Å². The Bertz CT molecular complexity index is 935. The summed E-state index contributed by atoms with van der Waals surface area (Å²) in [5, 5.41) is 4.16. The van der Waals surface area contributed by atoms with Gasteiger partial charge in [-0.2, -0.15) is 4.98 Å². The first-order chi connectivity index (χ1) is 11.4. The van der Waals surface area contributed by atoms with Crippen molar-refractivity contribution in [3.63, 3.8) is 0 Å². The summed E-state index contributed by atoms with van der Waals surface area (Å²) in [5.74, 6) is 0.0463. The van der Waals surface area contributed by atoms with E-state index in [0.29, 0.717) is 6.54 Å². The number of rotatable bonds is 5. The van der Waals surface area contributed by atoms with Crippen molar-refractivity contribution in [3.05, 3.63) is 70.5 Å². The predicted molar refractivity (Wildman–Crippen MR) is 95.3 cm³/mol. The Morgan fingerprint density at radius 1 is 1.08 bits per heavy atom. The van der Waals surface area contributed by atoms with Crippen molar-refractivity contribution >= 4 is 31.9 Å². The Balaban J connectivity index is 1.73. The fourth-order valence-corrected chi connectivity index (χ4v) is 3.30. The Morgan fingerprint density at radius 2 is 1.75 bits per heavy atom. The molecule has 0 aliphatic heterocycles. The molecule has 0 spiro atoms. The van der Waals surface area contributed by atoms with Crippen LogP contribution in [-0.2, 0) is 16.6 Å². The van der Waals surface area contributed by atoms with E-state index in [4.69, 9.17) is 0 Å². The van der Waals surface area contributed by atoms with Gasteiger partial charge in [-0.1, -0.05) is 45.8 Å². The number of aryl methyl sites for hydroxylation is 1. The molecule has 24 heavy (non-hydrogen) atoms. The molecule has 0 saturated carbocycles. The van der Waals surface area contributed by atoms with Crippen LogP contribution in [0.5, 0.6) is 0 Å². The number of nitrogens with zero attached hydrogens (tertiary/aromatic N) is 3. The van der Waals surface area contributed by atoms with E-state index in [0.717, 1.165) is 10.0 Å². The van der Waals surface area contributed by atoms with Gasteiger partial charge in [-0.3, -0.25) is 0 Å². The van der Waals surface area contributed by atoms with E-state index in [1.165, 1.54) is 24.0 Å². The van der Waals surface area contributed by atoms with Crippen LogP contribution in [0.4, 0.5) is 5.95 Å². The zero-order valence-corrected chi connectivity index (χ0v) is 15.3. The molecule has 6 nitrogen and oxygen atoms in total. The van der Waals surface area contributed by atoms with Crippen LogP contribution in [0.1, 0.15) is 11.1 Å². The van der Waals surface area contributed by atoms with Crippen LogP contribution in [-0.4, -0.2) is 23.2 Å². The van der Waals surface area contributed by atoms with E-state index in [2.05, 4.69) is 30.7 Å². The van der Waals surface area contributed by atoms with Crippen molar-refractivity contribution in [2.45, 2.75) is 18.4 Å². The third kappa shape index (κ3) is 4.01. The zero-order chi connectivity index (χ0) is 17.2. The van der Waals surface area contributed by atoms with Crippen molar-refractivity contribution in [1.82, 2.24) is 14.8 Å². The molecule has 124 valence electrons. The Kier molecular flexibility index (Phi) is 4.68. The Labute approximate surface area is 148 Å². The smallest absolute Gasteiger partial charge is 0.246 e. The van der Waals surface area contributed by atoms with Gasteiger partial charge in [-0.25, -0.2) is 17.8 Å². The molecule has 3 aromatic rings. The van der Waals surface area contributed by atoms with Gasteiger partial charge in [0.2, 0.25) is 0 Å². The van der Waals surface area contributed by atoms with Gasteiger partial charge in [0.15, 0.2) is 0 Å². The van der Waals surface area contributed by atoms with E-state index < -0.39 is 10.0 Å². The maximum atomic E-state index is 12.3. The van der Waals surface area contributed by atoms with Gasteiger partial charge in [0.25, 0.3) is 16.0 Å². The fourth-order valence-electron chi connectivity index (χ4n) is 2.09. The molecule has 8 heteroatoms. The topological polar surface area (TPSA) is 76.9 Å². The maximum Gasteiger partial charge on any atom is 0.264 e. The summed E-state index contributed by atoms with van der Waals surface area (Å²) in [5.41, 5.74) is 2.24. The Hall–Kier alpha value is -2.19. The molecule has 0 bridgehead atoms. The second kappa shape index (κ2) is 6.74. The number of hydrogen-bond acceptors (Lipinski definition) is 4. The third-order valence-electron chi connectivity index (χ3n) is 3.35. The maximum absolute atomic E-state index is 12.3. The van der Waals surface area contributed by atoms with Crippen molar-refractivity contribution < 1.29 is 8.42 Å². The Morgan fingerprint density at radius 3 is 2.42 bits per heavy atom. The van der Waals surface area contributed by atoms with E-state index >= 15 is 0 Å². The number of aromatic nitrogens is 3. The number of hydrogen-bond donors (Lipinski definition) is 1. The molecule has 0 aliphatic carbocycles. The predicted octanol–water partition coefficient (Wildman–Crippen LogP) is 3.20. The lowest BCUT2D eigenvalue weighted by molar-refractivity contribution is 0.600. The summed E-state index contributed by atoms with van der Waals surface area (Å²) < 4.78 is 29.4. The van der Waals surface area contributed by atoms with Gasteiger partial charge in [-0.15, -0.1) is 5.10 Å². The lowest BCUT2D eigenvalue weighted by Gasteiger charge is -2.05. The lowest BCUT2D eigenvalue weighted by Crippen LogP contribution is -2.14. The molecule has 1 heterocycles. The second-order valence-corrected chi connectivity index (χ2v) is 7.91. The molecule has 0 amide bonds. The van der Waals surface area contributed by atoms with Crippen LogP contribution in [0.3, 0.4) is 0 Å². The minimum absolute atomic E-state index is 0.0463. The number of nitrogens with one attached hydrogen (secondary N) is 1. The normalized spacial score (nSPS) is 11.4. The summed E-state index contributed by atoms with van der Waals surface area (Å²) >= 11 is 3.28. The highest BCUT2D eigenvalue weighted by molar-refractivity contribution is 9.10. The van der Waals surface area contributed by atoms with Crippen molar-refractivity contribution in [2.75, 3.05) is 4.72 Å². The van der Waals surface area contributed by atoms with Gasteiger partial charge in [0.05, 0.1) is 11.4 Å². The average molecular weight is 407 g/mol. The average Bonchev–Trinajstić information content (AvgIpc) is 2.96. The van der Waals surface area contributed by atoms with Crippen LogP contribution in [0.25, 0.3) is 0 Å². The molecule has 1 N–H and O–H groups in total. The third-order valence-corrected chi connectivity index (χ3v) is 5.22. The number of anilines is 1. The SMILES string of the molecule is Cc1ccc(Cn2cnc(NS(=O)(=O)c3ccc(Br)cc3)n2)cc1. The number of sulfonamides is 1. The van der Waals surface area contributed by atoms with Crippen molar-refractivity contribution in [2.24, 2.45) is 0 Å². The van der Waals surface area contributed by atoms with E-state index in [9.17, 15) is 8.42 Å². The van der Waals surface area contributed by atoms with Gasteiger partial charge in [-0.05, 0) is 36.8 Å². The van der Waals surface area contributed by atoms with Crippen LogP contribution >= 0.6 is 15.9 Å². The first-order valence-corrected chi connectivity index (χ1v) is 9.43. The first-order valence-electron chi connectivity index (χ1n) is 7.16. The molecule has 0 fully saturated rings. The largest absolute Gasteiger partial charge is 0.264 e. The molecule has 0 unspecified atom stereocenters. The van der Waals surface area contributed by atoms with Gasteiger partial charge in [0.1, 0.15) is 6.33 Å². The molecule has 0 radical (unpaired) electrons. The van der Waals surface area contributed by atoms with E-state index in [-0.39, 0.29) is 10.8 Å². The van der Waals surface area contributed by atoms with Crippen molar-refractivity contribution in [1.29, 1.82) is 0 Å². The molecule has 0 saturated heterocycles. The highest BCUT2D eigenvalue weighted by Gasteiger charge is 2.16. The van der Waals surface area contributed by atoms with E-state index in [1.54, 1.807) is 16.8 Å². The van der Waals surface area contributed by atoms with Crippen LogP contribution < -0.4 is 4.72 Å². The monoisotopic (exact) mass is 406 g/mol. The number of halogens is 1. The van der Waals surface area contributed by atoms with Crippen molar-refractivity contribution in [3.8, 4) is 0 Å². The fraction of sp³-hybridized carbons (Fsp3) is 0.125. The highest BCUT2D eigenvalue weighted by Crippen LogP contribution is 2.16. The molecular weight excluding hydrogens is 392 g/mol. The molecule has 1 aromatic heterocycles. The first kappa shape index (κ1) is 16.7.